The number of allylic oxidation sites excluding steroid dienone is 2. The standard InChI is InChI=1S/C46H43Cl2IN4O7/c1-59-30-11-8-27(9-12-30)46-34(43(56)53(45(46)58)50-37-15-10-28(47)22-35(37)48)23-33-31(40(46)26-20-36(49)41(54)38(21-26)60-2)13-14-32-39(33)44(57)52(42(32)55)29-16-18-51(19-17-29)24-25-6-4-3-5-7-25/h3-13,15,20-22,29,32-34,39-40,50,54H,14,16-19,23-24H2,1-2H3. The number of anilines is 1. The second-order valence-corrected chi connectivity index (χ2v) is 18.3. The van der Waals surface area contributed by atoms with Gasteiger partial charge in [0.1, 0.15) is 5.75 Å². The Kier molecular flexibility index (Phi) is 10.9. The number of piperidine rings is 1. The van der Waals surface area contributed by atoms with Crippen molar-refractivity contribution >= 4 is 75.1 Å². The van der Waals surface area contributed by atoms with Crippen molar-refractivity contribution in [2.75, 3.05) is 32.7 Å². The average Bonchev–Trinajstić information content (AvgIpc) is 3.63. The normalized spacial score (nSPS) is 26.8. The smallest absolute Gasteiger partial charge is 0.260 e. The monoisotopic (exact) mass is 960 g/mol. The Morgan fingerprint density at radius 3 is 2.28 bits per heavy atom. The Hall–Kier alpha value is -4.63. The highest BCUT2D eigenvalue weighted by Gasteiger charge is 2.70. The number of rotatable bonds is 9. The van der Waals surface area contributed by atoms with E-state index in [4.69, 9.17) is 32.7 Å². The number of hydrogen-bond donors (Lipinski definition) is 2. The number of likely N-dealkylation sites (tertiary alicyclic amines) is 2. The van der Waals surface area contributed by atoms with Gasteiger partial charge in [-0.2, -0.15) is 5.01 Å². The summed E-state index contributed by atoms with van der Waals surface area (Å²) in [6, 6.07) is 25.5. The van der Waals surface area contributed by atoms with Crippen molar-refractivity contribution in [3.8, 4) is 17.2 Å². The molecule has 310 valence electrons. The molecule has 4 aromatic rings. The third kappa shape index (κ3) is 6.56. The SMILES string of the molecule is COc1ccc(C23C(=O)N(Nc4ccc(Cl)cc4Cl)C(=O)C2CC2C(=CCC4C(=O)N(C5CCN(Cc6ccccc6)CC5)C(=O)C42)C3c2cc(I)c(O)c(OC)c2)cc1. The molecule has 0 radical (unpaired) electrons. The Balaban J connectivity index is 1.14. The number of amides is 4. The minimum atomic E-state index is -1.55. The van der Waals surface area contributed by atoms with Gasteiger partial charge in [-0.3, -0.25) is 34.4 Å². The van der Waals surface area contributed by atoms with E-state index in [-0.39, 0.29) is 40.8 Å². The minimum Gasteiger partial charge on any atom is -0.504 e. The lowest BCUT2D eigenvalue weighted by atomic mass is 9.49. The van der Waals surface area contributed by atoms with E-state index in [0.717, 1.165) is 30.2 Å². The molecule has 3 saturated heterocycles. The van der Waals surface area contributed by atoms with Gasteiger partial charge in [0.15, 0.2) is 11.5 Å². The molecule has 5 aliphatic rings. The number of carbonyl (C=O) groups is 4. The maximum atomic E-state index is 15.6. The van der Waals surface area contributed by atoms with E-state index >= 15 is 9.59 Å². The number of aromatic hydroxyl groups is 1. The molecule has 4 fully saturated rings. The van der Waals surface area contributed by atoms with Crippen molar-refractivity contribution in [2.24, 2.45) is 23.7 Å². The number of ether oxygens (including phenoxy) is 2. The number of phenols is 1. The van der Waals surface area contributed by atoms with Gasteiger partial charge in [-0.25, -0.2) is 0 Å². The van der Waals surface area contributed by atoms with E-state index in [2.05, 4.69) is 22.5 Å². The number of hydrogen-bond acceptors (Lipinski definition) is 9. The van der Waals surface area contributed by atoms with Crippen molar-refractivity contribution < 1.29 is 33.8 Å². The van der Waals surface area contributed by atoms with Crippen LogP contribution in [0.2, 0.25) is 10.0 Å². The molecule has 3 heterocycles. The minimum absolute atomic E-state index is 0.0570. The van der Waals surface area contributed by atoms with Gasteiger partial charge in [0.05, 0.1) is 51.7 Å². The Morgan fingerprint density at radius 1 is 0.867 bits per heavy atom. The largest absolute Gasteiger partial charge is 0.504 e. The van der Waals surface area contributed by atoms with Crippen LogP contribution in [0.25, 0.3) is 0 Å². The molecule has 0 bridgehead atoms. The first kappa shape index (κ1) is 40.8. The summed E-state index contributed by atoms with van der Waals surface area (Å²) < 4.78 is 11.7. The fourth-order valence-electron chi connectivity index (χ4n) is 10.7. The van der Waals surface area contributed by atoms with Crippen LogP contribution < -0.4 is 14.9 Å². The van der Waals surface area contributed by atoms with Crippen molar-refractivity contribution in [1.82, 2.24) is 14.8 Å². The van der Waals surface area contributed by atoms with Gasteiger partial charge >= 0.3 is 0 Å². The Morgan fingerprint density at radius 2 is 1.60 bits per heavy atom. The number of fused-ring (bicyclic) bond motifs is 4. The summed E-state index contributed by atoms with van der Waals surface area (Å²) in [5, 5.41) is 12.7. The average molecular weight is 962 g/mol. The highest BCUT2D eigenvalue weighted by atomic mass is 127. The second kappa shape index (κ2) is 16.0. The second-order valence-electron chi connectivity index (χ2n) is 16.3. The molecule has 1 saturated carbocycles. The first-order chi connectivity index (χ1) is 29.0. The summed E-state index contributed by atoms with van der Waals surface area (Å²) >= 11 is 14.9. The van der Waals surface area contributed by atoms with Crippen LogP contribution in [0.4, 0.5) is 5.69 Å². The number of nitrogens with one attached hydrogen (secondary N) is 1. The van der Waals surface area contributed by atoms with Crippen molar-refractivity contribution in [3.63, 3.8) is 0 Å². The number of benzene rings is 4. The highest BCUT2D eigenvalue weighted by Crippen LogP contribution is 2.65. The Labute approximate surface area is 371 Å². The van der Waals surface area contributed by atoms with Crippen LogP contribution in [0.1, 0.15) is 48.3 Å². The first-order valence-corrected chi connectivity index (χ1v) is 21.9. The van der Waals surface area contributed by atoms with Crippen molar-refractivity contribution in [2.45, 2.75) is 49.6 Å². The molecule has 9 rings (SSSR count). The van der Waals surface area contributed by atoms with E-state index < -0.39 is 46.8 Å². The zero-order valence-corrected chi connectivity index (χ0v) is 36.6. The maximum Gasteiger partial charge on any atom is 0.260 e. The zero-order chi connectivity index (χ0) is 42.0. The molecule has 2 aliphatic carbocycles. The van der Waals surface area contributed by atoms with Crippen LogP contribution in [0, 0.1) is 27.2 Å². The van der Waals surface area contributed by atoms with E-state index in [0.29, 0.717) is 50.4 Å². The molecule has 6 unspecified atom stereocenters. The summed E-state index contributed by atoms with van der Waals surface area (Å²) in [6.07, 6.45) is 3.83. The first-order valence-electron chi connectivity index (χ1n) is 20.1. The molecule has 6 atom stereocenters. The zero-order valence-electron chi connectivity index (χ0n) is 32.9. The molecule has 4 amide bonds. The van der Waals surface area contributed by atoms with Gasteiger partial charge in [-0.05, 0) is 113 Å². The third-order valence-electron chi connectivity index (χ3n) is 13.4. The molecule has 4 aromatic carbocycles. The van der Waals surface area contributed by atoms with Gasteiger partial charge in [0, 0.05) is 36.6 Å². The lowest BCUT2D eigenvalue weighted by molar-refractivity contribution is -0.144. The molecular formula is C46H43Cl2IN4O7. The van der Waals surface area contributed by atoms with Gasteiger partial charge < -0.3 is 14.6 Å². The Bertz CT molecular complexity index is 2430. The lowest BCUT2D eigenvalue weighted by Gasteiger charge is -2.50. The summed E-state index contributed by atoms with van der Waals surface area (Å²) in [6.45, 7) is 2.32. The summed E-state index contributed by atoms with van der Waals surface area (Å²) in [5.41, 5.74) is 5.02. The number of phenolic OH excluding ortho intramolecular Hbond substituents is 1. The van der Waals surface area contributed by atoms with Crippen molar-refractivity contribution in [3.05, 3.63) is 127 Å². The maximum absolute atomic E-state index is 15.6. The van der Waals surface area contributed by atoms with Crippen LogP contribution in [-0.2, 0) is 31.1 Å². The van der Waals surface area contributed by atoms with E-state index in [1.54, 1.807) is 37.4 Å². The fourth-order valence-corrected chi connectivity index (χ4v) is 11.8. The highest BCUT2D eigenvalue weighted by molar-refractivity contribution is 14.1. The van der Waals surface area contributed by atoms with Gasteiger partial charge in [-0.1, -0.05) is 77.3 Å². The van der Waals surface area contributed by atoms with E-state index in [9.17, 15) is 14.7 Å². The molecule has 0 spiro atoms. The van der Waals surface area contributed by atoms with Crippen LogP contribution in [0.15, 0.2) is 96.6 Å². The number of hydrazine groups is 1. The van der Waals surface area contributed by atoms with Gasteiger partial charge in [0.2, 0.25) is 11.8 Å². The summed E-state index contributed by atoms with van der Waals surface area (Å²) in [5.74, 6) is -4.33. The predicted octanol–water partition coefficient (Wildman–Crippen LogP) is 7.97. The third-order valence-corrected chi connectivity index (χ3v) is 14.8. The van der Waals surface area contributed by atoms with Crippen molar-refractivity contribution in [1.29, 1.82) is 0 Å². The lowest BCUT2D eigenvalue weighted by Crippen LogP contribution is -2.53. The molecule has 0 aromatic heterocycles. The van der Waals surface area contributed by atoms with Crippen LogP contribution >= 0.6 is 45.8 Å². The molecule has 3 aliphatic heterocycles. The summed E-state index contributed by atoms with van der Waals surface area (Å²) in [4.78, 5) is 64.1. The number of imide groups is 2. The number of methoxy groups -OCH3 is 2. The topological polar surface area (TPSA) is 129 Å². The van der Waals surface area contributed by atoms with Crippen LogP contribution in [-0.4, -0.2) is 76.9 Å². The summed E-state index contributed by atoms with van der Waals surface area (Å²) in [7, 11) is 3.02. The van der Waals surface area contributed by atoms with Gasteiger partial charge in [0.25, 0.3) is 11.8 Å². The molecule has 2 N–H and O–H groups in total. The fraction of sp³-hybridized carbons (Fsp3) is 0.348. The van der Waals surface area contributed by atoms with E-state index in [1.807, 2.05) is 65.1 Å². The predicted molar refractivity (Wildman–Crippen MR) is 235 cm³/mol. The van der Waals surface area contributed by atoms with Crippen LogP contribution in [0.3, 0.4) is 0 Å². The quantitative estimate of drug-likeness (QED) is 0.0976. The van der Waals surface area contributed by atoms with Crippen LogP contribution in [0.5, 0.6) is 17.2 Å². The molecule has 14 heteroatoms. The number of nitrogens with zero attached hydrogens (tertiary/aromatic N) is 3. The number of carbonyl (C=O) groups excluding carboxylic acids is 4. The van der Waals surface area contributed by atoms with Gasteiger partial charge in [-0.15, -0.1) is 0 Å². The molecule has 60 heavy (non-hydrogen) atoms. The molecule has 11 nitrogen and oxygen atoms in total. The number of halogens is 3. The molecular weight excluding hydrogens is 918 g/mol. The van der Waals surface area contributed by atoms with E-state index in [1.165, 1.54) is 23.6 Å².